The molecule has 7 heteroatoms. The Morgan fingerprint density at radius 1 is 1.50 bits per heavy atom. The van der Waals surface area contributed by atoms with Crippen LogP contribution in [0.4, 0.5) is 10.1 Å². The molecule has 18 heavy (non-hydrogen) atoms. The topological polar surface area (TPSA) is 69.4 Å². The fourth-order valence-electron chi connectivity index (χ4n) is 1.43. The van der Waals surface area contributed by atoms with Crippen LogP contribution in [0.1, 0.15) is 18.1 Å². The molecule has 0 aliphatic rings. The number of nitrogens with zero attached hydrogens (tertiary/aromatic N) is 1. The van der Waals surface area contributed by atoms with Crippen molar-refractivity contribution in [2.24, 2.45) is 0 Å². The summed E-state index contributed by atoms with van der Waals surface area (Å²) in [5.41, 5.74) is -0.134. The van der Waals surface area contributed by atoms with Gasteiger partial charge in [0.15, 0.2) is 0 Å². The van der Waals surface area contributed by atoms with Crippen molar-refractivity contribution in [1.29, 1.82) is 0 Å². The van der Waals surface area contributed by atoms with Crippen molar-refractivity contribution in [3.63, 3.8) is 0 Å². The van der Waals surface area contributed by atoms with Gasteiger partial charge in [-0.25, -0.2) is 4.39 Å². The van der Waals surface area contributed by atoms with Crippen molar-refractivity contribution in [2.45, 2.75) is 18.7 Å². The van der Waals surface area contributed by atoms with Crippen molar-refractivity contribution in [2.75, 3.05) is 6.61 Å². The van der Waals surface area contributed by atoms with E-state index in [1.165, 1.54) is 0 Å². The number of benzene rings is 1. The summed E-state index contributed by atoms with van der Waals surface area (Å²) in [5, 5.41) is 10.8. The first-order chi connectivity index (χ1) is 8.49. The molecule has 0 fully saturated rings. The Bertz CT molecular complexity index is 478. The normalized spacial score (nSPS) is 10.2. The lowest BCUT2D eigenvalue weighted by molar-refractivity contribution is -0.385. The van der Waals surface area contributed by atoms with E-state index in [1.54, 1.807) is 6.92 Å². The van der Waals surface area contributed by atoms with Crippen LogP contribution >= 0.6 is 15.9 Å². The molecule has 1 aromatic rings. The standard InChI is InChI=1S/C11H11BrFNO4/c1-2-18-10(15)5-7-3-9(14(16)17)4-8(6-12)11(7)13/h3-4H,2,5-6H2,1H3. The average molecular weight is 320 g/mol. The van der Waals surface area contributed by atoms with Crippen molar-refractivity contribution < 1.29 is 18.8 Å². The van der Waals surface area contributed by atoms with Gasteiger partial charge in [-0.15, -0.1) is 0 Å². The van der Waals surface area contributed by atoms with Crippen molar-refractivity contribution in [3.05, 3.63) is 39.2 Å². The van der Waals surface area contributed by atoms with Crippen LogP contribution in [0.3, 0.4) is 0 Å². The minimum absolute atomic E-state index is 0.0305. The molecule has 1 rings (SSSR count). The van der Waals surface area contributed by atoms with E-state index >= 15 is 0 Å². The van der Waals surface area contributed by atoms with E-state index in [0.717, 1.165) is 12.1 Å². The smallest absolute Gasteiger partial charge is 0.310 e. The number of nitro benzene ring substituents is 1. The summed E-state index contributed by atoms with van der Waals surface area (Å²) < 4.78 is 18.5. The van der Waals surface area contributed by atoms with Crippen LogP contribution in [-0.4, -0.2) is 17.5 Å². The number of ether oxygens (including phenoxy) is 1. The molecule has 1 aromatic carbocycles. The van der Waals surface area contributed by atoms with E-state index in [1.807, 2.05) is 0 Å². The van der Waals surface area contributed by atoms with Gasteiger partial charge in [-0.05, 0) is 6.92 Å². The average Bonchev–Trinajstić information content (AvgIpc) is 2.31. The summed E-state index contributed by atoms with van der Waals surface area (Å²) >= 11 is 3.04. The molecule has 0 saturated heterocycles. The molecule has 0 radical (unpaired) electrons. The van der Waals surface area contributed by atoms with E-state index in [2.05, 4.69) is 20.7 Å². The number of halogens is 2. The zero-order valence-corrected chi connectivity index (χ0v) is 11.2. The maximum Gasteiger partial charge on any atom is 0.310 e. The van der Waals surface area contributed by atoms with Gasteiger partial charge in [0.25, 0.3) is 5.69 Å². The van der Waals surface area contributed by atoms with Crippen LogP contribution in [-0.2, 0) is 21.3 Å². The maximum atomic E-state index is 13.9. The zero-order valence-electron chi connectivity index (χ0n) is 9.61. The SMILES string of the molecule is CCOC(=O)Cc1cc([N+](=O)[O-])cc(CBr)c1F. The number of hydrogen-bond donors (Lipinski definition) is 0. The van der Waals surface area contributed by atoms with Gasteiger partial charge in [0.1, 0.15) is 5.82 Å². The molecule has 0 aliphatic heterocycles. The highest BCUT2D eigenvalue weighted by atomic mass is 79.9. The largest absolute Gasteiger partial charge is 0.466 e. The molecule has 0 atom stereocenters. The predicted molar refractivity (Wildman–Crippen MR) is 66.0 cm³/mol. The highest BCUT2D eigenvalue weighted by molar-refractivity contribution is 9.08. The molecule has 0 amide bonds. The number of hydrogen-bond acceptors (Lipinski definition) is 4. The van der Waals surface area contributed by atoms with Gasteiger partial charge < -0.3 is 4.74 Å². The van der Waals surface area contributed by atoms with Gasteiger partial charge in [0, 0.05) is 28.6 Å². The molecule has 0 bridgehead atoms. The quantitative estimate of drug-likeness (QED) is 0.362. The van der Waals surface area contributed by atoms with Gasteiger partial charge in [-0.3, -0.25) is 14.9 Å². The number of alkyl halides is 1. The van der Waals surface area contributed by atoms with Gasteiger partial charge in [0.05, 0.1) is 18.0 Å². The number of non-ortho nitro benzene ring substituents is 1. The molecule has 0 saturated carbocycles. The number of carbonyl (C=O) groups is 1. The third-order valence-electron chi connectivity index (χ3n) is 2.20. The Morgan fingerprint density at radius 3 is 2.61 bits per heavy atom. The fraction of sp³-hybridized carbons (Fsp3) is 0.364. The Balaban J connectivity index is 3.12. The third kappa shape index (κ3) is 3.49. The zero-order chi connectivity index (χ0) is 13.7. The van der Waals surface area contributed by atoms with Gasteiger partial charge in [-0.2, -0.15) is 0 Å². The second kappa shape index (κ2) is 6.44. The first-order valence-corrected chi connectivity index (χ1v) is 6.29. The van der Waals surface area contributed by atoms with Gasteiger partial charge in [0.2, 0.25) is 0 Å². The van der Waals surface area contributed by atoms with Gasteiger partial charge in [-0.1, -0.05) is 15.9 Å². The highest BCUT2D eigenvalue weighted by Crippen LogP contribution is 2.24. The number of nitro groups is 1. The molecule has 0 aromatic heterocycles. The summed E-state index contributed by atoms with van der Waals surface area (Å²) in [7, 11) is 0. The fourth-order valence-corrected chi connectivity index (χ4v) is 1.84. The monoisotopic (exact) mass is 319 g/mol. The molecular weight excluding hydrogens is 309 g/mol. The van der Waals surface area contributed by atoms with Crippen LogP contribution < -0.4 is 0 Å². The van der Waals surface area contributed by atoms with Gasteiger partial charge >= 0.3 is 5.97 Å². The number of esters is 1. The molecule has 0 aliphatic carbocycles. The van der Waals surface area contributed by atoms with E-state index in [0.29, 0.717) is 0 Å². The van der Waals surface area contributed by atoms with E-state index < -0.39 is 16.7 Å². The molecule has 0 unspecified atom stereocenters. The lowest BCUT2D eigenvalue weighted by Gasteiger charge is -2.06. The van der Waals surface area contributed by atoms with E-state index in [9.17, 15) is 19.3 Å². The van der Waals surface area contributed by atoms with Crippen LogP contribution in [0.25, 0.3) is 0 Å². The summed E-state index contributed by atoms with van der Waals surface area (Å²) in [6, 6.07) is 2.19. The van der Waals surface area contributed by atoms with Crippen LogP contribution in [0.2, 0.25) is 0 Å². The minimum atomic E-state index is -0.625. The molecule has 0 N–H and O–H groups in total. The third-order valence-corrected chi connectivity index (χ3v) is 2.81. The first kappa shape index (κ1) is 14.6. The molecular formula is C11H11BrFNO4. The lowest BCUT2D eigenvalue weighted by Crippen LogP contribution is -2.10. The van der Waals surface area contributed by atoms with Crippen molar-refractivity contribution in [1.82, 2.24) is 0 Å². The Kier molecular flexibility index (Phi) is 5.21. The van der Waals surface area contributed by atoms with Crippen LogP contribution in [0.15, 0.2) is 12.1 Å². The Hall–Kier alpha value is -1.50. The summed E-state index contributed by atoms with van der Waals surface area (Å²) in [6.45, 7) is 1.81. The lowest BCUT2D eigenvalue weighted by atomic mass is 10.1. The minimum Gasteiger partial charge on any atom is -0.466 e. The highest BCUT2D eigenvalue weighted by Gasteiger charge is 2.18. The number of rotatable bonds is 5. The Labute approximate surface area is 111 Å². The second-order valence-electron chi connectivity index (χ2n) is 3.45. The summed E-state index contributed by atoms with van der Waals surface area (Å²) in [5.74, 6) is -1.23. The van der Waals surface area contributed by atoms with Crippen molar-refractivity contribution >= 4 is 27.6 Å². The van der Waals surface area contributed by atoms with E-state index in [-0.39, 0.29) is 35.2 Å². The number of carbonyl (C=O) groups excluding carboxylic acids is 1. The Morgan fingerprint density at radius 2 is 2.11 bits per heavy atom. The molecule has 0 heterocycles. The molecule has 5 nitrogen and oxygen atoms in total. The predicted octanol–water partition coefficient (Wildman–Crippen LogP) is 2.73. The molecule has 0 spiro atoms. The van der Waals surface area contributed by atoms with Crippen molar-refractivity contribution in [3.8, 4) is 0 Å². The van der Waals surface area contributed by atoms with E-state index in [4.69, 9.17) is 0 Å². The maximum absolute atomic E-state index is 13.9. The summed E-state index contributed by atoms with van der Waals surface area (Å²) in [4.78, 5) is 21.3. The molecule has 98 valence electrons. The second-order valence-corrected chi connectivity index (χ2v) is 4.01. The summed E-state index contributed by atoms with van der Waals surface area (Å²) in [6.07, 6.45) is -0.318. The van der Waals surface area contributed by atoms with Crippen LogP contribution in [0, 0.1) is 15.9 Å². The first-order valence-electron chi connectivity index (χ1n) is 5.16. The van der Waals surface area contributed by atoms with Crippen LogP contribution in [0.5, 0.6) is 0 Å².